The first-order chi connectivity index (χ1) is 13.1. The van der Waals surface area contributed by atoms with Crippen molar-refractivity contribution in [2.24, 2.45) is 0 Å². The van der Waals surface area contributed by atoms with Crippen molar-refractivity contribution in [3.8, 4) is 5.75 Å². The Morgan fingerprint density at radius 1 is 1.00 bits per heavy atom. The largest absolute Gasteiger partial charge is 0.495 e. The van der Waals surface area contributed by atoms with Gasteiger partial charge in [-0.3, -0.25) is 4.57 Å². The Kier molecular flexibility index (Phi) is 6.78. The molecule has 1 saturated heterocycles. The third-order valence-corrected chi connectivity index (χ3v) is 7.89. The molecule has 3 atom stereocenters. The van der Waals surface area contributed by atoms with Crippen LogP contribution in [0.3, 0.4) is 0 Å². The summed E-state index contributed by atoms with van der Waals surface area (Å²) in [5.74, 6) is -0.624. The van der Waals surface area contributed by atoms with Gasteiger partial charge in [0.15, 0.2) is 5.78 Å². The first-order valence-corrected chi connectivity index (χ1v) is 11.5. The number of hydrogen-bond donors (Lipinski definition) is 1. The molecule has 1 heterocycles. The second-order valence-corrected chi connectivity index (χ2v) is 10.0. The fraction of sp³-hybridized carbons (Fsp3) is 0.333. The Morgan fingerprint density at radius 2 is 1.64 bits per heavy atom. The number of methoxy groups -OCH3 is 1. The van der Waals surface area contributed by atoms with Crippen LogP contribution in [0.15, 0.2) is 30.3 Å². The molecule has 5 nitrogen and oxygen atoms in total. The van der Waals surface area contributed by atoms with Crippen LogP contribution in [0.2, 0.25) is 20.1 Å². The minimum absolute atomic E-state index is 0.276. The molecule has 1 fully saturated rings. The first kappa shape index (κ1) is 22.0. The van der Waals surface area contributed by atoms with Gasteiger partial charge in [0.05, 0.1) is 34.4 Å². The monoisotopic (exact) mass is 483 g/mol. The summed E-state index contributed by atoms with van der Waals surface area (Å²) in [6.07, 6.45) is -0.714. The van der Waals surface area contributed by atoms with Gasteiger partial charge in [-0.25, -0.2) is 0 Å². The van der Waals surface area contributed by atoms with E-state index in [9.17, 15) is 4.57 Å². The van der Waals surface area contributed by atoms with E-state index in [4.69, 9.17) is 60.2 Å². The standard InChI is InChI=1S/C18H18Cl4NO4P/c1-9-10(2)27-28(24,26-9)18(23-12-4-5-14(20)15(21)8-12)13-6-11(19)7-16(22)17(13)25-3/h4-10,18,23H,1-3H3. The van der Waals surface area contributed by atoms with Crippen LogP contribution in [0, 0.1) is 0 Å². The van der Waals surface area contributed by atoms with Crippen molar-refractivity contribution < 1.29 is 18.3 Å². The Hall–Kier alpha value is -0.650. The smallest absolute Gasteiger partial charge is 0.358 e. The minimum Gasteiger partial charge on any atom is -0.495 e. The zero-order chi connectivity index (χ0) is 20.6. The Balaban J connectivity index is 2.13. The number of rotatable bonds is 5. The molecule has 0 aliphatic carbocycles. The average molecular weight is 485 g/mol. The summed E-state index contributed by atoms with van der Waals surface area (Å²) in [5, 5.41) is 4.53. The lowest BCUT2D eigenvalue weighted by molar-refractivity contribution is 0.187. The van der Waals surface area contributed by atoms with Crippen molar-refractivity contribution in [3.05, 3.63) is 56.0 Å². The lowest BCUT2D eigenvalue weighted by Crippen LogP contribution is -2.14. The number of anilines is 1. The van der Waals surface area contributed by atoms with Crippen molar-refractivity contribution >= 4 is 59.7 Å². The average Bonchev–Trinajstić information content (AvgIpc) is 2.88. The first-order valence-electron chi connectivity index (χ1n) is 8.35. The number of benzene rings is 2. The number of nitrogens with one attached hydrogen (secondary N) is 1. The van der Waals surface area contributed by atoms with Crippen molar-refractivity contribution in [2.45, 2.75) is 31.8 Å². The molecule has 0 bridgehead atoms. The molecule has 10 heteroatoms. The molecule has 3 unspecified atom stereocenters. The summed E-state index contributed by atoms with van der Waals surface area (Å²) in [6, 6.07) is 8.10. The molecule has 0 amide bonds. The van der Waals surface area contributed by atoms with E-state index in [1.54, 1.807) is 44.2 Å². The van der Waals surface area contributed by atoms with Crippen molar-refractivity contribution in [2.75, 3.05) is 12.4 Å². The Labute approximate surface area is 183 Å². The second kappa shape index (κ2) is 8.61. The van der Waals surface area contributed by atoms with Gasteiger partial charge in [0.1, 0.15) is 5.75 Å². The van der Waals surface area contributed by atoms with Crippen molar-refractivity contribution in [3.63, 3.8) is 0 Å². The number of hydrogen-bond acceptors (Lipinski definition) is 5. The molecular weight excluding hydrogens is 467 g/mol. The van der Waals surface area contributed by atoms with Crippen LogP contribution in [0.1, 0.15) is 25.2 Å². The second-order valence-electron chi connectivity index (χ2n) is 6.35. The fourth-order valence-electron chi connectivity index (χ4n) is 2.85. The molecule has 28 heavy (non-hydrogen) atoms. The van der Waals surface area contributed by atoms with E-state index in [0.717, 1.165) is 0 Å². The van der Waals surface area contributed by atoms with Gasteiger partial charge in [0.25, 0.3) is 0 Å². The van der Waals surface area contributed by atoms with E-state index in [0.29, 0.717) is 32.1 Å². The number of halogens is 4. The van der Waals surface area contributed by atoms with E-state index in [1.165, 1.54) is 7.11 Å². The molecule has 0 saturated carbocycles. The molecule has 2 aromatic carbocycles. The van der Waals surface area contributed by atoms with Crippen LogP contribution in [-0.2, 0) is 13.6 Å². The molecule has 1 N–H and O–H groups in total. The van der Waals surface area contributed by atoms with Gasteiger partial charge in [-0.2, -0.15) is 0 Å². The van der Waals surface area contributed by atoms with Crippen LogP contribution in [0.4, 0.5) is 5.69 Å². The van der Waals surface area contributed by atoms with Crippen LogP contribution >= 0.6 is 54.0 Å². The maximum Gasteiger partial charge on any atom is 0.358 e. The van der Waals surface area contributed by atoms with E-state index < -0.39 is 13.4 Å². The van der Waals surface area contributed by atoms with Crippen molar-refractivity contribution in [1.82, 2.24) is 0 Å². The zero-order valence-electron chi connectivity index (χ0n) is 15.2. The molecular formula is C18H18Cl4NO4P. The van der Waals surface area contributed by atoms with Gasteiger partial charge in [-0.15, -0.1) is 0 Å². The lowest BCUT2D eigenvalue weighted by Gasteiger charge is -2.27. The van der Waals surface area contributed by atoms with Crippen molar-refractivity contribution in [1.29, 1.82) is 0 Å². The van der Waals surface area contributed by atoms with Gasteiger partial charge < -0.3 is 19.1 Å². The highest BCUT2D eigenvalue weighted by molar-refractivity contribution is 7.54. The van der Waals surface area contributed by atoms with Gasteiger partial charge in [-0.1, -0.05) is 46.4 Å². The molecule has 0 aromatic heterocycles. The molecule has 1 aliphatic rings. The highest BCUT2D eigenvalue weighted by Crippen LogP contribution is 2.67. The summed E-state index contributed by atoms with van der Waals surface area (Å²) < 4.78 is 30.6. The lowest BCUT2D eigenvalue weighted by atomic mass is 10.2. The Morgan fingerprint density at radius 3 is 2.21 bits per heavy atom. The van der Waals surface area contributed by atoms with Gasteiger partial charge >= 0.3 is 7.60 Å². The minimum atomic E-state index is -3.67. The molecule has 3 rings (SSSR count). The zero-order valence-corrected chi connectivity index (χ0v) is 19.1. The molecule has 2 aromatic rings. The van der Waals surface area contributed by atoms with Crippen LogP contribution < -0.4 is 10.1 Å². The predicted molar refractivity (Wildman–Crippen MR) is 115 cm³/mol. The highest BCUT2D eigenvalue weighted by Gasteiger charge is 2.48. The summed E-state index contributed by atoms with van der Waals surface area (Å²) >= 11 is 24.6. The quantitative estimate of drug-likeness (QED) is 0.447. The summed E-state index contributed by atoms with van der Waals surface area (Å²) in [5.41, 5.74) is 1.00. The SMILES string of the molecule is COc1c(Cl)cc(Cl)cc1C(Nc1ccc(Cl)c(Cl)c1)P1(=O)OC(C)C(C)O1. The number of ether oxygens (including phenoxy) is 1. The van der Waals surface area contributed by atoms with Gasteiger partial charge in [0, 0.05) is 16.3 Å². The third-order valence-electron chi connectivity index (χ3n) is 4.36. The van der Waals surface area contributed by atoms with E-state index >= 15 is 0 Å². The van der Waals surface area contributed by atoms with Crippen LogP contribution in [0.25, 0.3) is 0 Å². The fourth-order valence-corrected chi connectivity index (χ4v) is 6.14. The molecule has 1 aliphatic heterocycles. The molecule has 152 valence electrons. The maximum absolute atomic E-state index is 13.7. The summed E-state index contributed by atoms with van der Waals surface area (Å²) in [6.45, 7) is 3.59. The van der Waals surface area contributed by atoms with E-state index in [2.05, 4.69) is 5.32 Å². The summed E-state index contributed by atoms with van der Waals surface area (Å²) in [7, 11) is -2.21. The highest BCUT2D eigenvalue weighted by atomic mass is 35.5. The van der Waals surface area contributed by atoms with Crippen LogP contribution in [0.5, 0.6) is 5.75 Å². The topological polar surface area (TPSA) is 56.8 Å². The van der Waals surface area contributed by atoms with Crippen LogP contribution in [-0.4, -0.2) is 19.3 Å². The summed E-state index contributed by atoms with van der Waals surface area (Å²) in [4.78, 5) is 0. The van der Waals surface area contributed by atoms with Gasteiger partial charge in [-0.05, 0) is 44.2 Å². The normalized spacial score (nSPS) is 25.5. The molecule has 0 radical (unpaired) electrons. The predicted octanol–water partition coefficient (Wildman–Crippen LogP) is 7.44. The maximum atomic E-state index is 13.7. The third kappa shape index (κ3) is 4.41. The van der Waals surface area contributed by atoms with E-state index in [-0.39, 0.29) is 17.2 Å². The molecule has 0 spiro atoms. The Bertz CT molecular complexity index is 928. The van der Waals surface area contributed by atoms with E-state index in [1.807, 2.05) is 0 Å². The van der Waals surface area contributed by atoms with Gasteiger partial charge in [0.2, 0.25) is 0 Å².